The molecule has 0 bridgehead atoms. The summed E-state index contributed by atoms with van der Waals surface area (Å²) in [4.78, 5) is 0. The molecule has 0 atom stereocenters. The Balaban J connectivity index is 0.890. The fraction of sp³-hybridized carbons (Fsp3) is 0. The molecule has 0 spiro atoms. The number of hydrogen-bond donors (Lipinski definition) is 0. The van der Waals surface area contributed by atoms with Crippen LogP contribution >= 0.6 is 0 Å². The van der Waals surface area contributed by atoms with Gasteiger partial charge in [-0.3, -0.25) is 0 Å². The summed E-state index contributed by atoms with van der Waals surface area (Å²) < 4.78 is 6.86. The van der Waals surface area contributed by atoms with Crippen LogP contribution in [-0.2, 0) is 0 Å². The third-order valence-electron chi connectivity index (χ3n) is 11.7. The highest BCUT2D eigenvalue weighted by Crippen LogP contribution is 2.41. The Bertz CT molecular complexity index is 3290. The highest BCUT2D eigenvalue weighted by atomic mass is 16.3. The van der Waals surface area contributed by atoms with Crippen molar-refractivity contribution in [2.45, 2.75) is 0 Å². The third kappa shape index (κ3) is 6.40. The molecule has 1 heterocycles. The number of furan rings is 1. The van der Waals surface area contributed by atoms with Gasteiger partial charge in [0.25, 0.3) is 0 Å². The zero-order valence-corrected chi connectivity index (χ0v) is 32.3. The number of para-hydroxylation sites is 2. The molecule has 0 saturated heterocycles. The second-order valence-corrected chi connectivity index (χ2v) is 15.3. The second kappa shape index (κ2) is 14.6. The van der Waals surface area contributed by atoms with E-state index in [4.69, 9.17) is 4.42 Å². The summed E-state index contributed by atoms with van der Waals surface area (Å²) in [7, 11) is 0. The fourth-order valence-corrected chi connectivity index (χ4v) is 8.69. The Morgan fingerprint density at radius 1 is 0.203 bits per heavy atom. The van der Waals surface area contributed by atoms with Gasteiger partial charge in [-0.25, -0.2) is 0 Å². The Morgan fingerprint density at radius 3 is 1.10 bits per heavy atom. The summed E-state index contributed by atoms with van der Waals surface area (Å²) in [6.45, 7) is 0. The first-order chi connectivity index (χ1) is 29.2. The standard InChI is InChI=1S/C58H38O/c1-2-12-39(13-3-1)45-16-6-19-48(36-45)49-20-7-17-46(37-49)40-28-32-43(33-29-40)53-24-10-26-55-56-27-11-25-54(58(56)59-57(53)55)44-34-30-41(31-35-44)47-18-8-21-50(38-47)52-23-9-15-42-14-4-5-22-51(42)52/h1-38H. The van der Waals surface area contributed by atoms with Gasteiger partial charge in [-0.15, -0.1) is 0 Å². The molecule has 1 nitrogen and oxygen atoms in total. The molecule has 0 aliphatic carbocycles. The van der Waals surface area contributed by atoms with Gasteiger partial charge in [0.05, 0.1) is 0 Å². The van der Waals surface area contributed by atoms with Crippen molar-refractivity contribution in [3.8, 4) is 77.9 Å². The molecule has 0 amide bonds. The maximum Gasteiger partial charge on any atom is 0.143 e. The van der Waals surface area contributed by atoms with Crippen LogP contribution in [0.1, 0.15) is 0 Å². The van der Waals surface area contributed by atoms with Gasteiger partial charge >= 0.3 is 0 Å². The SMILES string of the molecule is c1ccc(-c2cccc(-c3cccc(-c4ccc(-c5cccc6c5oc5c(-c7ccc(-c8cccc(-c9cccc%10ccccc9%10)c8)cc7)cccc56)cc4)c3)c2)cc1. The molecule has 10 aromatic carbocycles. The lowest BCUT2D eigenvalue weighted by atomic mass is 9.94. The Morgan fingerprint density at radius 2 is 0.542 bits per heavy atom. The van der Waals surface area contributed by atoms with Gasteiger partial charge in [0.2, 0.25) is 0 Å². The first kappa shape index (κ1) is 34.5. The molecular weight excluding hydrogens is 713 g/mol. The Labute approximate surface area is 344 Å². The zero-order valence-electron chi connectivity index (χ0n) is 32.3. The lowest BCUT2D eigenvalue weighted by Gasteiger charge is -2.10. The predicted molar refractivity (Wildman–Crippen MR) is 249 cm³/mol. The van der Waals surface area contributed by atoms with E-state index in [1.807, 2.05) is 0 Å². The van der Waals surface area contributed by atoms with Crippen LogP contribution in [0.5, 0.6) is 0 Å². The van der Waals surface area contributed by atoms with E-state index in [2.05, 4.69) is 231 Å². The summed E-state index contributed by atoms with van der Waals surface area (Å²) in [5.41, 5.74) is 18.3. The van der Waals surface area contributed by atoms with Crippen LogP contribution in [0.25, 0.3) is 111 Å². The molecule has 11 rings (SSSR count). The first-order valence-electron chi connectivity index (χ1n) is 20.2. The van der Waals surface area contributed by atoms with Gasteiger partial charge in [-0.2, -0.15) is 0 Å². The van der Waals surface area contributed by atoms with Crippen LogP contribution in [-0.4, -0.2) is 0 Å². The monoisotopic (exact) mass is 750 g/mol. The summed E-state index contributed by atoms with van der Waals surface area (Å²) >= 11 is 0. The van der Waals surface area contributed by atoms with Gasteiger partial charge in [0, 0.05) is 21.9 Å². The third-order valence-corrected chi connectivity index (χ3v) is 11.7. The summed E-state index contributed by atoms with van der Waals surface area (Å²) in [5, 5.41) is 4.76. The molecule has 59 heavy (non-hydrogen) atoms. The number of rotatable bonds is 7. The van der Waals surface area contributed by atoms with Gasteiger partial charge < -0.3 is 4.42 Å². The molecule has 1 aromatic heterocycles. The van der Waals surface area contributed by atoms with E-state index in [0.29, 0.717) is 0 Å². The number of fused-ring (bicyclic) bond motifs is 4. The minimum atomic E-state index is 0.907. The van der Waals surface area contributed by atoms with Crippen molar-refractivity contribution in [1.29, 1.82) is 0 Å². The fourth-order valence-electron chi connectivity index (χ4n) is 8.69. The first-order valence-corrected chi connectivity index (χ1v) is 20.2. The number of benzene rings is 10. The van der Waals surface area contributed by atoms with E-state index in [1.165, 1.54) is 66.4 Å². The highest BCUT2D eigenvalue weighted by Gasteiger charge is 2.16. The smallest absolute Gasteiger partial charge is 0.143 e. The molecule has 0 aliphatic heterocycles. The minimum Gasteiger partial charge on any atom is -0.455 e. The van der Waals surface area contributed by atoms with E-state index in [0.717, 1.165) is 44.2 Å². The van der Waals surface area contributed by atoms with E-state index < -0.39 is 0 Å². The van der Waals surface area contributed by atoms with Crippen LogP contribution in [0, 0.1) is 0 Å². The van der Waals surface area contributed by atoms with Gasteiger partial charge in [0.15, 0.2) is 0 Å². The highest BCUT2D eigenvalue weighted by molar-refractivity contribution is 6.13. The predicted octanol–water partition coefficient (Wildman–Crippen LogP) is 16.4. The van der Waals surface area contributed by atoms with Crippen molar-refractivity contribution >= 4 is 32.7 Å². The van der Waals surface area contributed by atoms with Crippen molar-refractivity contribution in [2.24, 2.45) is 0 Å². The molecule has 276 valence electrons. The molecule has 1 heteroatoms. The number of hydrogen-bond acceptors (Lipinski definition) is 1. The maximum absolute atomic E-state index is 6.86. The molecule has 0 unspecified atom stereocenters. The van der Waals surface area contributed by atoms with Crippen LogP contribution in [0.2, 0.25) is 0 Å². The largest absolute Gasteiger partial charge is 0.455 e. The van der Waals surface area contributed by atoms with E-state index in [-0.39, 0.29) is 0 Å². The lowest BCUT2D eigenvalue weighted by Crippen LogP contribution is -1.84. The summed E-state index contributed by atoms with van der Waals surface area (Å²) in [6.07, 6.45) is 0. The summed E-state index contributed by atoms with van der Waals surface area (Å²) in [6, 6.07) is 82.9. The average Bonchev–Trinajstić information content (AvgIpc) is 3.71. The van der Waals surface area contributed by atoms with Crippen LogP contribution in [0.3, 0.4) is 0 Å². The van der Waals surface area contributed by atoms with Crippen molar-refractivity contribution in [3.63, 3.8) is 0 Å². The van der Waals surface area contributed by atoms with Crippen LogP contribution in [0.4, 0.5) is 0 Å². The van der Waals surface area contributed by atoms with Gasteiger partial charge in [-0.05, 0) is 95.7 Å². The molecule has 0 saturated carbocycles. The minimum absolute atomic E-state index is 0.907. The van der Waals surface area contributed by atoms with E-state index in [1.54, 1.807) is 0 Å². The van der Waals surface area contributed by atoms with E-state index in [9.17, 15) is 0 Å². The van der Waals surface area contributed by atoms with Gasteiger partial charge in [0.1, 0.15) is 11.2 Å². The molecule has 0 aliphatic rings. The van der Waals surface area contributed by atoms with Crippen molar-refractivity contribution in [3.05, 3.63) is 231 Å². The Hall–Kier alpha value is -7.74. The van der Waals surface area contributed by atoms with E-state index >= 15 is 0 Å². The normalized spacial score (nSPS) is 11.4. The van der Waals surface area contributed by atoms with Crippen LogP contribution < -0.4 is 0 Å². The van der Waals surface area contributed by atoms with Gasteiger partial charge in [-0.1, -0.05) is 212 Å². The molecular formula is C58H38O. The molecule has 11 aromatic rings. The maximum atomic E-state index is 6.86. The molecule has 0 fully saturated rings. The van der Waals surface area contributed by atoms with Crippen LogP contribution in [0.15, 0.2) is 235 Å². The van der Waals surface area contributed by atoms with Crippen molar-refractivity contribution in [1.82, 2.24) is 0 Å². The van der Waals surface area contributed by atoms with Crippen molar-refractivity contribution < 1.29 is 4.42 Å². The quantitative estimate of drug-likeness (QED) is 0.158. The lowest BCUT2D eigenvalue weighted by molar-refractivity contribution is 0.671. The van der Waals surface area contributed by atoms with Crippen molar-refractivity contribution in [2.75, 3.05) is 0 Å². The zero-order chi connectivity index (χ0) is 39.1. The second-order valence-electron chi connectivity index (χ2n) is 15.3. The average molecular weight is 751 g/mol. The summed E-state index contributed by atoms with van der Waals surface area (Å²) in [5.74, 6) is 0. The molecule has 0 N–H and O–H groups in total. The Kier molecular flexibility index (Phi) is 8.56. The topological polar surface area (TPSA) is 13.1 Å². The molecule has 0 radical (unpaired) electrons.